The number of aliphatic carboxylic acids is 1. The van der Waals surface area contributed by atoms with Crippen LogP contribution in [-0.2, 0) is 4.79 Å². The molecular formula is C12H25NO2. The maximum absolute atomic E-state index is 10.4. The van der Waals surface area contributed by atoms with Crippen LogP contribution < -0.4 is 5.32 Å². The zero-order valence-corrected chi connectivity index (χ0v) is 10.6. The predicted molar refractivity (Wildman–Crippen MR) is 63.0 cm³/mol. The summed E-state index contributed by atoms with van der Waals surface area (Å²) in [6, 6.07) is 0.283. The second kappa shape index (κ2) is 6.11. The topological polar surface area (TPSA) is 49.3 Å². The molecule has 0 aliphatic carbocycles. The SMILES string of the molecule is CC(CCC(=O)O)NCC(C)C(C)(C)C. The monoisotopic (exact) mass is 215 g/mol. The first-order valence-corrected chi connectivity index (χ1v) is 5.68. The largest absolute Gasteiger partial charge is 0.481 e. The Kier molecular flexibility index (Phi) is 5.88. The molecule has 2 unspecified atom stereocenters. The number of carboxylic acids is 1. The summed E-state index contributed by atoms with van der Waals surface area (Å²) in [5, 5.41) is 11.9. The van der Waals surface area contributed by atoms with Gasteiger partial charge in [-0.05, 0) is 31.2 Å². The maximum atomic E-state index is 10.4. The highest BCUT2D eigenvalue weighted by molar-refractivity contribution is 5.66. The van der Waals surface area contributed by atoms with Crippen molar-refractivity contribution in [3.05, 3.63) is 0 Å². The van der Waals surface area contributed by atoms with Crippen LogP contribution in [0.25, 0.3) is 0 Å². The Bertz CT molecular complexity index is 196. The minimum Gasteiger partial charge on any atom is -0.481 e. The van der Waals surface area contributed by atoms with Crippen molar-refractivity contribution >= 4 is 5.97 Å². The molecule has 3 nitrogen and oxygen atoms in total. The van der Waals surface area contributed by atoms with Gasteiger partial charge in [0.1, 0.15) is 0 Å². The van der Waals surface area contributed by atoms with E-state index in [9.17, 15) is 4.79 Å². The summed E-state index contributed by atoms with van der Waals surface area (Å²) < 4.78 is 0. The average Bonchev–Trinajstić information content (AvgIpc) is 2.09. The third kappa shape index (κ3) is 7.37. The third-order valence-electron chi connectivity index (χ3n) is 3.04. The van der Waals surface area contributed by atoms with Gasteiger partial charge in [0.25, 0.3) is 0 Å². The summed E-state index contributed by atoms with van der Waals surface area (Å²) in [5.74, 6) is -0.128. The Morgan fingerprint density at radius 1 is 1.33 bits per heavy atom. The van der Waals surface area contributed by atoms with E-state index in [-0.39, 0.29) is 12.5 Å². The number of hydrogen-bond donors (Lipinski definition) is 2. The molecule has 90 valence electrons. The molecule has 15 heavy (non-hydrogen) atoms. The average molecular weight is 215 g/mol. The van der Waals surface area contributed by atoms with Crippen molar-refractivity contribution in [2.45, 2.75) is 53.5 Å². The van der Waals surface area contributed by atoms with E-state index in [0.29, 0.717) is 17.8 Å². The van der Waals surface area contributed by atoms with Crippen molar-refractivity contribution < 1.29 is 9.90 Å². The molecule has 0 aromatic rings. The van der Waals surface area contributed by atoms with Crippen LogP contribution in [0.3, 0.4) is 0 Å². The first-order valence-electron chi connectivity index (χ1n) is 5.68. The van der Waals surface area contributed by atoms with Crippen LogP contribution in [0.4, 0.5) is 0 Å². The normalized spacial score (nSPS) is 16.1. The molecule has 3 heteroatoms. The quantitative estimate of drug-likeness (QED) is 0.715. The van der Waals surface area contributed by atoms with Gasteiger partial charge >= 0.3 is 5.97 Å². The molecule has 0 aromatic carbocycles. The molecule has 0 radical (unpaired) electrons. The third-order valence-corrected chi connectivity index (χ3v) is 3.04. The fraction of sp³-hybridized carbons (Fsp3) is 0.917. The van der Waals surface area contributed by atoms with Gasteiger partial charge in [-0.25, -0.2) is 0 Å². The van der Waals surface area contributed by atoms with Gasteiger partial charge < -0.3 is 10.4 Å². The van der Waals surface area contributed by atoms with E-state index in [1.165, 1.54) is 0 Å². The molecule has 0 aromatic heterocycles. The standard InChI is InChI=1S/C12H25NO2/c1-9(12(3,4)5)8-13-10(2)6-7-11(14)15/h9-10,13H,6-8H2,1-5H3,(H,14,15). The fourth-order valence-corrected chi connectivity index (χ4v) is 1.13. The Hall–Kier alpha value is -0.570. The van der Waals surface area contributed by atoms with E-state index in [1.54, 1.807) is 0 Å². The zero-order chi connectivity index (χ0) is 12.1. The summed E-state index contributed by atoms with van der Waals surface area (Å²) in [6.07, 6.45) is 0.949. The van der Waals surface area contributed by atoms with E-state index in [2.05, 4.69) is 33.0 Å². The van der Waals surface area contributed by atoms with Gasteiger partial charge in [-0.15, -0.1) is 0 Å². The van der Waals surface area contributed by atoms with Gasteiger partial charge in [0, 0.05) is 12.5 Å². The Morgan fingerprint density at radius 2 is 1.87 bits per heavy atom. The van der Waals surface area contributed by atoms with Crippen LogP contribution in [0.5, 0.6) is 0 Å². The lowest BCUT2D eigenvalue weighted by Crippen LogP contribution is -2.35. The Balaban J connectivity index is 3.71. The maximum Gasteiger partial charge on any atom is 0.303 e. The van der Waals surface area contributed by atoms with E-state index >= 15 is 0 Å². The van der Waals surface area contributed by atoms with Gasteiger partial charge in [0.2, 0.25) is 0 Å². The first-order chi connectivity index (χ1) is 6.73. The lowest BCUT2D eigenvalue weighted by atomic mass is 9.82. The van der Waals surface area contributed by atoms with Crippen molar-refractivity contribution in [2.75, 3.05) is 6.54 Å². The van der Waals surface area contributed by atoms with Crippen molar-refractivity contribution in [2.24, 2.45) is 11.3 Å². The smallest absolute Gasteiger partial charge is 0.303 e. The molecule has 0 fully saturated rings. The van der Waals surface area contributed by atoms with E-state index in [0.717, 1.165) is 6.54 Å². The van der Waals surface area contributed by atoms with Crippen molar-refractivity contribution in [1.29, 1.82) is 0 Å². The Labute approximate surface area is 93.3 Å². The van der Waals surface area contributed by atoms with Crippen LogP contribution in [-0.4, -0.2) is 23.7 Å². The van der Waals surface area contributed by atoms with Crippen LogP contribution >= 0.6 is 0 Å². The van der Waals surface area contributed by atoms with Crippen LogP contribution in [0.15, 0.2) is 0 Å². The van der Waals surface area contributed by atoms with E-state index in [4.69, 9.17) is 5.11 Å². The molecule has 0 saturated carbocycles. The van der Waals surface area contributed by atoms with Crippen LogP contribution in [0.1, 0.15) is 47.5 Å². The summed E-state index contributed by atoms with van der Waals surface area (Å²) in [7, 11) is 0. The highest BCUT2D eigenvalue weighted by Crippen LogP contribution is 2.24. The lowest BCUT2D eigenvalue weighted by molar-refractivity contribution is -0.137. The van der Waals surface area contributed by atoms with Crippen LogP contribution in [0, 0.1) is 11.3 Å². The highest BCUT2D eigenvalue weighted by Gasteiger charge is 2.20. The number of rotatable bonds is 6. The molecule has 2 atom stereocenters. The van der Waals surface area contributed by atoms with Gasteiger partial charge in [-0.3, -0.25) is 4.79 Å². The predicted octanol–water partition coefficient (Wildman–Crippen LogP) is 2.51. The minimum atomic E-state index is -0.715. The van der Waals surface area contributed by atoms with Gasteiger partial charge in [0.15, 0.2) is 0 Å². The molecule has 0 saturated heterocycles. The molecule has 0 rings (SSSR count). The minimum absolute atomic E-state index is 0.248. The fourth-order valence-electron chi connectivity index (χ4n) is 1.13. The van der Waals surface area contributed by atoms with Crippen LogP contribution in [0.2, 0.25) is 0 Å². The second-order valence-corrected chi connectivity index (χ2v) is 5.51. The second-order valence-electron chi connectivity index (χ2n) is 5.51. The highest BCUT2D eigenvalue weighted by atomic mass is 16.4. The zero-order valence-electron chi connectivity index (χ0n) is 10.6. The number of nitrogens with one attached hydrogen (secondary N) is 1. The molecule has 0 aliphatic heterocycles. The molecule has 2 N–H and O–H groups in total. The molecular weight excluding hydrogens is 190 g/mol. The first kappa shape index (κ1) is 14.4. The number of carboxylic acid groups (broad SMARTS) is 1. The molecule has 0 spiro atoms. The molecule has 0 bridgehead atoms. The van der Waals surface area contributed by atoms with Crippen molar-refractivity contribution in [1.82, 2.24) is 5.32 Å². The van der Waals surface area contributed by atoms with Gasteiger partial charge in [0.05, 0.1) is 0 Å². The molecule has 0 heterocycles. The van der Waals surface area contributed by atoms with Gasteiger partial charge in [-0.2, -0.15) is 0 Å². The summed E-state index contributed by atoms with van der Waals surface area (Å²) >= 11 is 0. The number of hydrogen-bond acceptors (Lipinski definition) is 2. The summed E-state index contributed by atoms with van der Waals surface area (Å²) in [5.41, 5.74) is 0.305. The van der Waals surface area contributed by atoms with E-state index in [1.807, 2.05) is 6.92 Å². The molecule has 0 aliphatic rings. The molecule has 0 amide bonds. The van der Waals surface area contributed by atoms with E-state index < -0.39 is 5.97 Å². The Morgan fingerprint density at radius 3 is 2.27 bits per heavy atom. The van der Waals surface area contributed by atoms with Crippen molar-refractivity contribution in [3.63, 3.8) is 0 Å². The van der Waals surface area contributed by atoms with Gasteiger partial charge in [-0.1, -0.05) is 27.7 Å². The lowest BCUT2D eigenvalue weighted by Gasteiger charge is -2.28. The van der Waals surface area contributed by atoms with Crippen molar-refractivity contribution in [3.8, 4) is 0 Å². The summed E-state index contributed by atoms with van der Waals surface area (Å²) in [6.45, 7) is 11.9. The summed E-state index contributed by atoms with van der Waals surface area (Å²) in [4.78, 5) is 10.4. The number of carbonyl (C=O) groups is 1.